The standard InChI is InChI=1S/C23H33NO4SSi/c1-6-23(28-30(3,4)5)14-12-21-20-9-7-16-15-17(27-29(24,25)26)8-10-18(16)19(20)11-13-22(21,23)2/h1,8,10,15,19-21H,7,9,11-14H2,2-5H3,(H2,24,25,26)/t19-,20-,21+,22+,23+/m1/s1. The molecule has 7 heteroatoms. The van der Waals surface area contributed by atoms with Gasteiger partial charge in [0, 0.05) is 5.41 Å². The summed E-state index contributed by atoms with van der Waals surface area (Å²) in [6.07, 6.45) is 12.4. The molecule has 0 radical (unpaired) electrons. The van der Waals surface area contributed by atoms with E-state index in [-0.39, 0.29) is 5.41 Å². The highest BCUT2D eigenvalue weighted by Crippen LogP contribution is 2.65. The monoisotopic (exact) mass is 447 g/mol. The second kappa shape index (κ2) is 7.09. The van der Waals surface area contributed by atoms with E-state index in [9.17, 15) is 8.42 Å². The lowest BCUT2D eigenvalue weighted by Crippen LogP contribution is -2.54. The van der Waals surface area contributed by atoms with Gasteiger partial charge in [-0.25, -0.2) is 0 Å². The van der Waals surface area contributed by atoms with Crippen LogP contribution in [-0.2, 0) is 21.2 Å². The van der Waals surface area contributed by atoms with Crippen molar-refractivity contribution < 1.29 is 17.0 Å². The number of benzene rings is 1. The highest BCUT2D eigenvalue weighted by molar-refractivity contribution is 7.84. The number of rotatable bonds is 4. The molecule has 1 aromatic carbocycles. The summed E-state index contributed by atoms with van der Waals surface area (Å²) in [4.78, 5) is 0. The maximum Gasteiger partial charge on any atom is 0.380 e. The minimum absolute atomic E-state index is 0.0113. The topological polar surface area (TPSA) is 78.6 Å². The number of terminal acetylenes is 1. The lowest BCUT2D eigenvalue weighted by molar-refractivity contribution is -0.0537. The zero-order chi connectivity index (χ0) is 21.9. The van der Waals surface area contributed by atoms with Crippen molar-refractivity contribution in [1.29, 1.82) is 0 Å². The average Bonchev–Trinajstić information content (AvgIpc) is 2.91. The highest BCUT2D eigenvalue weighted by Gasteiger charge is 2.63. The molecule has 0 spiro atoms. The lowest BCUT2D eigenvalue weighted by Gasteiger charge is -2.54. The lowest BCUT2D eigenvalue weighted by atomic mass is 9.53. The van der Waals surface area contributed by atoms with Gasteiger partial charge in [-0.05, 0) is 99.2 Å². The molecule has 164 valence electrons. The van der Waals surface area contributed by atoms with E-state index in [1.165, 1.54) is 11.1 Å². The van der Waals surface area contributed by atoms with Gasteiger partial charge in [0.05, 0.1) is 0 Å². The van der Waals surface area contributed by atoms with Crippen molar-refractivity contribution in [1.82, 2.24) is 0 Å². The summed E-state index contributed by atoms with van der Waals surface area (Å²) in [5, 5.41) is 5.03. The van der Waals surface area contributed by atoms with Gasteiger partial charge in [-0.2, -0.15) is 13.6 Å². The third-order valence-corrected chi connectivity index (χ3v) is 9.13. The van der Waals surface area contributed by atoms with E-state index in [4.69, 9.17) is 20.2 Å². The van der Waals surface area contributed by atoms with Crippen molar-refractivity contribution in [3.63, 3.8) is 0 Å². The van der Waals surface area contributed by atoms with E-state index >= 15 is 0 Å². The molecule has 5 nitrogen and oxygen atoms in total. The van der Waals surface area contributed by atoms with Crippen LogP contribution in [-0.4, -0.2) is 22.3 Å². The molecule has 0 bridgehead atoms. The summed E-state index contributed by atoms with van der Waals surface area (Å²) in [7, 11) is -5.79. The Bertz CT molecular complexity index is 995. The SMILES string of the molecule is C#C[C@]1(O[Si](C)(C)C)CC[C@H]2[C@@H]3CCc4cc(OS(N)(=O)=O)ccc4[C@H]3CC[C@@]21C. The Kier molecular flexibility index (Phi) is 5.17. The van der Waals surface area contributed by atoms with Crippen LogP contribution in [0.4, 0.5) is 0 Å². The van der Waals surface area contributed by atoms with Gasteiger partial charge in [0.25, 0.3) is 0 Å². The van der Waals surface area contributed by atoms with Crippen LogP contribution in [0.25, 0.3) is 0 Å². The summed E-state index contributed by atoms with van der Waals surface area (Å²) in [6, 6.07) is 5.61. The number of fused-ring (bicyclic) bond motifs is 5. The van der Waals surface area contributed by atoms with Crippen molar-refractivity contribution in [2.45, 2.75) is 76.6 Å². The van der Waals surface area contributed by atoms with Crippen LogP contribution in [0.2, 0.25) is 19.6 Å². The Morgan fingerprint density at radius 3 is 2.57 bits per heavy atom. The van der Waals surface area contributed by atoms with Crippen molar-refractivity contribution in [3.8, 4) is 18.1 Å². The molecule has 4 rings (SSSR count). The van der Waals surface area contributed by atoms with Crippen LogP contribution in [0.5, 0.6) is 5.75 Å². The van der Waals surface area contributed by atoms with E-state index < -0.39 is 24.2 Å². The first-order valence-electron chi connectivity index (χ1n) is 10.9. The largest absolute Gasteiger partial charge is 0.401 e. The van der Waals surface area contributed by atoms with E-state index in [1.54, 1.807) is 6.07 Å². The molecule has 5 atom stereocenters. The molecule has 1 aromatic rings. The molecule has 30 heavy (non-hydrogen) atoms. The van der Waals surface area contributed by atoms with Crippen molar-refractivity contribution in [2.75, 3.05) is 0 Å². The summed E-state index contributed by atoms with van der Waals surface area (Å²) in [5.74, 6) is 5.06. The molecule has 2 saturated carbocycles. The molecule has 0 unspecified atom stereocenters. The predicted octanol–water partition coefficient (Wildman–Crippen LogP) is 4.35. The van der Waals surface area contributed by atoms with E-state index in [1.807, 2.05) is 12.1 Å². The predicted molar refractivity (Wildman–Crippen MR) is 121 cm³/mol. The summed E-state index contributed by atoms with van der Waals surface area (Å²) in [6.45, 7) is 9.06. The minimum atomic E-state index is -4.01. The number of nitrogens with two attached hydrogens (primary N) is 1. The van der Waals surface area contributed by atoms with Crippen molar-refractivity contribution in [3.05, 3.63) is 29.3 Å². The Morgan fingerprint density at radius 2 is 1.93 bits per heavy atom. The zero-order valence-corrected chi connectivity index (χ0v) is 20.2. The Hall–Kier alpha value is -1.33. The van der Waals surface area contributed by atoms with Gasteiger partial charge in [0.2, 0.25) is 0 Å². The highest BCUT2D eigenvalue weighted by atomic mass is 32.2. The Balaban J connectivity index is 1.63. The van der Waals surface area contributed by atoms with Crippen LogP contribution < -0.4 is 9.32 Å². The van der Waals surface area contributed by atoms with Crippen LogP contribution in [0.1, 0.15) is 56.1 Å². The van der Waals surface area contributed by atoms with Crippen LogP contribution >= 0.6 is 0 Å². The molecular weight excluding hydrogens is 414 g/mol. The molecule has 3 aliphatic carbocycles. The van der Waals surface area contributed by atoms with Gasteiger partial charge in [0.1, 0.15) is 11.4 Å². The molecule has 2 N–H and O–H groups in total. The smallest absolute Gasteiger partial charge is 0.380 e. The zero-order valence-electron chi connectivity index (χ0n) is 18.4. The van der Waals surface area contributed by atoms with Crippen molar-refractivity contribution >= 4 is 18.6 Å². The Labute approximate surface area is 182 Å². The molecule has 0 aromatic heterocycles. The first kappa shape index (κ1) is 21.9. The fraction of sp³-hybridized carbons (Fsp3) is 0.652. The number of hydrogen-bond acceptors (Lipinski definition) is 4. The maximum absolute atomic E-state index is 11.3. The average molecular weight is 448 g/mol. The van der Waals surface area contributed by atoms with Gasteiger partial charge in [-0.3, -0.25) is 0 Å². The van der Waals surface area contributed by atoms with Gasteiger partial charge in [-0.15, -0.1) is 6.42 Å². The molecule has 0 amide bonds. The van der Waals surface area contributed by atoms with Gasteiger partial charge < -0.3 is 8.61 Å². The van der Waals surface area contributed by atoms with Gasteiger partial charge in [0.15, 0.2) is 8.32 Å². The molecule has 0 heterocycles. The van der Waals surface area contributed by atoms with E-state index in [0.717, 1.165) is 38.5 Å². The third-order valence-electron chi connectivity index (χ3n) is 7.74. The van der Waals surface area contributed by atoms with Crippen molar-refractivity contribution in [2.24, 2.45) is 22.4 Å². The van der Waals surface area contributed by atoms with Gasteiger partial charge in [-0.1, -0.05) is 18.9 Å². The van der Waals surface area contributed by atoms with E-state index in [2.05, 4.69) is 32.5 Å². The quantitative estimate of drug-likeness (QED) is 0.550. The summed E-state index contributed by atoms with van der Waals surface area (Å²) < 4.78 is 34.2. The summed E-state index contributed by atoms with van der Waals surface area (Å²) in [5.41, 5.74) is 2.08. The maximum atomic E-state index is 11.3. The second-order valence-corrected chi connectivity index (χ2v) is 16.1. The summed E-state index contributed by atoms with van der Waals surface area (Å²) >= 11 is 0. The molecular formula is C23H33NO4SSi. The molecule has 3 aliphatic rings. The third kappa shape index (κ3) is 3.62. The second-order valence-electron chi connectivity index (χ2n) is 10.5. The van der Waals surface area contributed by atoms with Crippen LogP contribution in [0, 0.1) is 29.6 Å². The fourth-order valence-electron chi connectivity index (χ4n) is 6.70. The van der Waals surface area contributed by atoms with Gasteiger partial charge >= 0.3 is 10.3 Å². The fourth-order valence-corrected chi connectivity index (χ4v) is 8.51. The first-order valence-corrected chi connectivity index (χ1v) is 15.8. The normalized spacial score (nSPS) is 35.7. The Morgan fingerprint density at radius 1 is 1.20 bits per heavy atom. The molecule has 0 aliphatic heterocycles. The van der Waals surface area contributed by atoms with E-state index in [0.29, 0.717) is 23.5 Å². The van der Waals surface area contributed by atoms with Crippen LogP contribution in [0.15, 0.2) is 18.2 Å². The first-order chi connectivity index (χ1) is 13.9. The number of hydrogen-bond donors (Lipinski definition) is 1. The van der Waals surface area contributed by atoms with Crippen LogP contribution in [0.3, 0.4) is 0 Å². The number of aryl methyl sites for hydroxylation is 1. The minimum Gasteiger partial charge on any atom is -0.401 e. The molecule has 2 fully saturated rings. The molecule has 0 saturated heterocycles.